The molecule has 120 valence electrons. The Hall–Kier alpha value is -1.55. The van der Waals surface area contributed by atoms with Gasteiger partial charge in [-0.2, -0.15) is 0 Å². The lowest BCUT2D eigenvalue weighted by Gasteiger charge is -2.23. The molecule has 0 unspecified atom stereocenters. The summed E-state index contributed by atoms with van der Waals surface area (Å²) < 4.78 is 0. The third kappa shape index (κ3) is 4.47. The summed E-state index contributed by atoms with van der Waals surface area (Å²) in [5.74, 6) is -0.369. The van der Waals surface area contributed by atoms with E-state index in [0.717, 1.165) is 12.8 Å². The fourth-order valence-electron chi connectivity index (χ4n) is 2.56. The topological polar surface area (TPSA) is 58.2 Å². The van der Waals surface area contributed by atoms with Crippen molar-refractivity contribution in [3.63, 3.8) is 0 Å². The molecule has 2 rings (SSSR count). The molecule has 22 heavy (non-hydrogen) atoms. The number of anilines is 1. The fraction of sp³-hybridized carbons (Fsp3) is 0.529. The van der Waals surface area contributed by atoms with Gasteiger partial charge in [-0.3, -0.25) is 9.59 Å². The van der Waals surface area contributed by atoms with Crippen LogP contribution in [0, 0.1) is 5.92 Å². The second-order valence-electron chi connectivity index (χ2n) is 6.15. The minimum Gasteiger partial charge on any atom is -0.349 e. The molecule has 2 amide bonds. The first-order chi connectivity index (χ1) is 10.5. The summed E-state index contributed by atoms with van der Waals surface area (Å²) in [7, 11) is 0. The molecule has 0 heterocycles. The van der Waals surface area contributed by atoms with E-state index in [2.05, 4.69) is 10.6 Å². The maximum atomic E-state index is 12.3. The molecule has 0 radical (unpaired) electrons. The molecule has 1 aromatic carbocycles. The van der Waals surface area contributed by atoms with Crippen molar-refractivity contribution in [3.05, 3.63) is 28.8 Å². The fourth-order valence-corrected chi connectivity index (χ4v) is 2.72. The summed E-state index contributed by atoms with van der Waals surface area (Å²) >= 11 is 6.10. The van der Waals surface area contributed by atoms with E-state index in [1.807, 2.05) is 13.8 Å². The molecule has 5 heteroatoms. The molecule has 0 spiro atoms. The Kier molecular flexibility index (Phi) is 5.83. The van der Waals surface area contributed by atoms with Crippen molar-refractivity contribution < 1.29 is 9.59 Å². The van der Waals surface area contributed by atoms with Gasteiger partial charge in [0.2, 0.25) is 5.91 Å². The van der Waals surface area contributed by atoms with E-state index in [9.17, 15) is 9.59 Å². The summed E-state index contributed by atoms with van der Waals surface area (Å²) in [5, 5.41) is 6.25. The highest BCUT2D eigenvalue weighted by Crippen LogP contribution is 2.24. The number of hydrogen-bond acceptors (Lipinski definition) is 2. The van der Waals surface area contributed by atoms with Gasteiger partial charge in [0.1, 0.15) is 0 Å². The average Bonchev–Trinajstić information content (AvgIpc) is 2.50. The average molecular weight is 323 g/mol. The van der Waals surface area contributed by atoms with Crippen molar-refractivity contribution in [3.8, 4) is 0 Å². The number of carbonyl (C=O) groups excluding carboxylic acids is 2. The predicted octanol–water partition coefficient (Wildman–Crippen LogP) is 4.00. The minimum absolute atomic E-state index is 0.108. The Morgan fingerprint density at radius 2 is 1.86 bits per heavy atom. The summed E-state index contributed by atoms with van der Waals surface area (Å²) in [6.45, 7) is 3.62. The van der Waals surface area contributed by atoms with Crippen LogP contribution in [0.4, 0.5) is 5.69 Å². The lowest BCUT2D eigenvalue weighted by atomic mass is 9.95. The van der Waals surface area contributed by atoms with Crippen molar-refractivity contribution in [1.82, 2.24) is 5.32 Å². The molecule has 0 bridgehead atoms. The van der Waals surface area contributed by atoms with Gasteiger partial charge < -0.3 is 10.6 Å². The van der Waals surface area contributed by atoms with Gasteiger partial charge in [0, 0.05) is 17.5 Å². The van der Waals surface area contributed by atoms with Crippen LogP contribution in [0.1, 0.15) is 56.3 Å². The summed E-state index contributed by atoms with van der Waals surface area (Å²) in [4.78, 5) is 24.1. The molecule has 1 saturated carbocycles. The Labute approximate surface area is 136 Å². The van der Waals surface area contributed by atoms with Gasteiger partial charge >= 0.3 is 0 Å². The SMILES string of the molecule is CC(C)C(=O)Nc1cc(C(=O)NC2CCCCC2)ccc1Cl. The van der Waals surface area contributed by atoms with E-state index in [-0.39, 0.29) is 23.8 Å². The number of hydrogen-bond donors (Lipinski definition) is 2. The summed E-state index contributed by atoms with van der Waals surface area (Å²) in [6, 6.07) is 5.23. The Morgan fingerprint density at radius 1 is 1.18 bits per heavy atom. The first-order valence-corrected chi connectivity index (χ1v) is 8.26. The van der Waals surface area contributed by atoms with Gasteiger partial charge in [0.25, 0.3) is 5.91 Å². The highest BCUT2D eigenvalue weighted by Gasteiger charge is 2.18. The van der Waals surface area contributed by atoms with E-state index in [0.29, 0.717) is 16.3 Å². The maximum absolute atomic E-state index is 12.3. The van der Waals surface area contributed by atoms with Crippen LogP contribution < -0.4 is 10.6 Å². The maximum Gasteiger partial charge on any atom is 0.251 e. The number of benzene rings is 1. The van der Waals surface area contributed by atoms with Crippen molar-refractivity contribution in [1.29, 1.82) is 0 Å². The van der Waals surface area contributed by atoms with E-state index in [1.54, 1.807) is 18.2 Å². The number of amides is 2. The Balaban J connectivity index is 2.07. The highest BCUT2D eigenvalue weighted by molar-refractivity contribution is 6.33. The molecule has 1 aliphatic rings. The molecular formula is C17H23ClN2O2. The standard InChI is InChI=1S/C17H23ClN2O2/c1-11(2)16(21)20-15-10-12(8-9-14(15)18)17(22)19-13-6-4-3-5-7-13/h8-11,13H,3-7H2,1-2H3,(H,19,22)(H,20,21). The van der Waals surface area contributed by atoms with Gasteiger partial charge in [-0.1, -0.05) is 44.7 Å². The molecule has 0 saturated heterocycles. The number of carbonyl (C=O) groups is 2. The van der Waals surface area contributed by atoms with Crippen LogP contribution in [0.25, 0.3) is 0 Å². The van der Waals surface area contributed by atoms with E-state index < -0.39 is 0 Å². The molecule has 1 aliphatic carbocycles. The zero-order valence-electron chi connectivity index (χ0n) is 13.1. The highest BCUT2D eigenvalue weighted by atomic mass is 35.5. The van der Waals surface area contributed by atoms with E-state index >= 15 is 0 Å². The van der Waals surface area contributed by atoms with Gasteiger partial charge in [-0.05, 0) is 31.0 Å². The number of rotatable bonds is 4. The summed E-state index contributed by atoms with van der Waals surface area (Å²) in [6.07, 6.45) is 5.66. The van der Waals surface area contributed by atoms with Crippen LogP contribution >= 0.6 is 11.6 Å². The first-order valence-electron chi connectivity index (χ1n) is 7.88. The van der Waals surface area contributed by atoms with Gasteiger partial charge in [0.15, 0.2) is 0 Å². The molecule has 0 atom stereocenters. The smallest absolute Gasteiger partial charge is 0.251 e. The van der Waals surface area contributed by atoms with Crippen LogP contribution in [-0.2, 0) is 4.79 Å². The van der Waals surface area contributed by atoms with Crippen LogP contribution in [0.2, 0.25) is 5.02 Å². The largest absolute Gasteiger partial charge is 0.349 e. The third-order valence-electron chi connectivity index (χ3n) is 3.95. The molecule has 1 aromatic rings. The predicted molar refractivity (Wildman–Crippen MR) is 89.3 cm³/mol. The van der Waals surface area contributed by atoms with Crippen molar-refractivity contribution in [2.75, 3.05) is 5.32 Å². The Morgan fingerprint density at radius 3 is 2.50 bits per heavy atom. The molecule has 1 fully saturated rings. The van der Waals surface area contributed by atoms with Gasteiger partial charge in [-0.15, -0.1) is 0 Å². The van der Waals surface area contributed by atoms with Crippen molar-refractivity contribution in [2.24, 2.45) is 5.92 Å². The second kappa shape index (κ2) is 7.63. The van der Waals surface area contributed by atoms with Gasteiger partial charge in [0.05, 0.1) is 10.7 Å². The molecule has 4 nitrogen and oxygen atoms in total. The Bertz CT molecular complexity index is 552. The number of nitrogens with one attached hydrogen (secondary N) is 2. The van der Waals surface area contributed by atoms with Gasteiger partial charge in [-0.25, -0.2) is 0 Å². The third-order valence-corrected chi connectivity index (χ3v) is 4.28. The van der Waals surface area contributed by atoms with E-state index in [1.165, 1.54) is 19.3 Å². The zero-order valence-corrected chi connectivity index (χ0v) is 13.9. The van der Waals surface area contributed by atoms with Crippen LogP contribution in [0.5, 0.6) is 0 Å². The van der Waals surface area contributed by atoms with Crippen molar-refractivity contribution in [2.45, 2.75) is 52.0 Å². The van der Waals surface area contributed by atoms with E-state index in [4.69, 9.17) is 11.6 Å². The lowest BCUT2D eigenvalue weighted by molar-refractivity contribution is -0.118. The summed E-state index contributed by atoms with van der Waals surface area (Å²) in [5.41, 5.74) is 1.01. The molecular weight excluding hydrogens is 300 g/mol. The quantitative estimate of drug-likeness (QED) is 0.880. The molecule has 2 N–H and O–H groups in total. The normalized spacial score (nSPS) is 15.6. The van der Waals surface area contributed by atoms with Crippen LogP contribution in [-0.4, -0.2) is 17.9 Å². The zero-order chi connectivity index (χ0) is 16.1. The monoisotopic (exact) mass is 322 g/mol. The lowest BCUT2D eigenvalue weighted by Crippen LogP contribution is -2.36. The molecule has 0 aliphatic heterocycles. The van der Waals surface area contributed by atoms with Crippen LogP contribution in [0.3, 0.4) is 0 Å². The van der Waals surface area contributed by atoms with Crippen LogP contribution in [0.15, 0.2) is 18.2 Å². The molecule has 0 aromatic heterocycles. The first kappa shape index (κ1) is 16.8. The second-order valence-corrected chi connectivity index (χ2v) is 6.55. The van der Waals surface area contributed by atoms with Crippen molar-refractivity contribution >= 4 is 29.1 Å². The minimum atomic E-state index is -0.143. The number of halogens is 1.